The predicted molar refractivity (Wildman–Crippen MR) is 119 cm³/mol. The molecule has 0 bridgehead atoms. The van der Waals surface area contributed by atoms with Crippen molar-refractivity contribution in [3.63, 3.8) is 0 Å². The second-order valence-corrected chi connectivity index (χ2v) is 9.62. The van der Waals surface area contributed by atoms with Gasteiger partial charge in [-0.2, -0.15) is 0 Å². The average Bonchev–Trinajstić information content (AvgIpc) is 2.82. The molecule has 0 spiro atoms. The van der Waals surface area contributed by atoms with Crippen LogP contribution in [-0.2, 0) is 14.8 Å². The molecule has 0 aromatic heterocycles. The predicted octanol–water partition coefficient (Wildman–Crippen LogP) is 1.96. The molecule has 2 aliphatic rings. The number of ether oxygens (including phenoxy) is 2. The number of benzene rings is 2. The number of piperazine rings is 1. The number of sulfonamides is 1. The van der Waals surface area contributed by atoms with E-state index in [1.165, 1.54) is 4.31 Å². The third-order valence-corrected chi connectivity index (χ3v) is 7.29. The highest BCUT2D eigenvalue weighted by molar-refractivity contribution is 7.92. The Bertz CT molecular complexity index is 1020. The lowest BCUT2D eigenvalue weighted by molar-refractivity contribution is -0.129. The zero-order valence-electron chi connectivity index (χ0n) is 17.6. The van der Waals surface area contributed by atoms with Crippen LogP contribution in [0.1, 0.15) is 6.92 Å². The number of rotatable bonds is 6. The van der Waals surface area contributed by atoms with E-state index in [-0.39, 0.29) is 18.2 Å². The molecule has 31 heavy (non-hydrogen) atoms. The molecular formula is C22H27N3O5S. The van der Waals surface area contributed by atoms with E-state index >= 15 is 0 Å². The van der Waals surface area contributed by atoms with E-state index in [1.54, 1.807) is 30.0 Å². The molecular weight excluding hydrogens is 418 g/mol. The number of carbonyl (C=O) groups is 1. The van der Waals surface area contributed by atoms with Gasteiger partial charge >= 0.3 is 0 Å². The smallest absolute Gasteiger partial charge is 0.243 e. The van der Waals surface area contributed by atoms with Crippen LogP contribution < -0.4 is 18.7 Å². The topological polar surface area (TPSA) is 79.4 Å². The molecule has 166 valence electrons. The minimum Gasteiger partial charge on any atom is -0.486 e. The Morgan fingerprint density at radius 2 is 1.65 bits per heavy atom. The number of para-hydroxylation sites is 1. The Labute approximate surface area is 183 Å². The summed E-state index contributed by atoms with van der Waals surface area (Å²) in [6.45, 7) is 4.72. The van der Waals surface area contributed by atoms with Gasteiger partial charge in [-0.15, -0.1) is 0 Å². The number of hydrogen-bond acceptors (Lipinski definition) is 6. The molecule has 1 saturated heterocycles. The fourth-order valence-corrected chi connectivity index (χ4v) is 4.82. The van der Waals surface area contributed by atoms with Crippen molar-refractivity contribution in [1.82, 2.24) is 4.90 Å². The minimum absolute atomic E-state index is 0.101. The van der Waals surface area contributed by atoms with Crippen molar-refractivity contribution in [3.05, 3.63) is 48.5 Å². The number of nitrogens with zero attached hydrogens (tertiary/aromatic N) is 3. The summed E-state index contributed by atoms with van der Waals surface area (Å²) in [6, 6.07) is 15.0. The molecule has 0 atom stereocenters. The number of carbonyl (C=O) groups excluding carboxylic acids is 1. The van der Waals surface area contributed by atoms with E-state index in [0.717, 1.165) is 5.69 Å². The van der Waals surface area contributed by atoms with Crippen LogP contribution in [0.4, 0.5) is 11.4 Å². The fourth-order valence-electron chi connectivity index (χ4n) is 3.77. The van der Waals surface area contributed by atoms with Crippen molar-refractivity contribution in [3.8, 4) is 11.5 Å². The molecule has 9 heteroatoms. The summed E-state index contributed by atoms with van der Waals surface area (Å²) in [5.41, 5.74) is 1.53. The first kappa shape index (κ1) is 21.3. The Kier molecular flexibility index (Phi) is 6.22. The summed E-state index contributed by atoms with van der Waals surface area (Å²) in [4.78, 5) is 17.0. The number of hydrogen-bond donors (Lipinski definition) is 0. The van der Waals surface area contributed by atoms with Crippen molar-refractivity contribution in [2.24, 2.45) is 0 Å². The lowest BCUT2D eigenvalue weighted by atomic mass is 10.2. The largest absolute Gasteiger partial charge is 0.486 e. The van der Waals surface area contributed by atoms with E-state index in [9.17, 15) is 13.2 Å². The van der Waals surface area contributed by atoms with Crippen molar-refractivity contribution in [2.75, 3.05) is 60.9 Å². The van der Waals surface area contributed by atoms with Gasteiger partial charge < -0.3 is 19.3 Å². The van der Waals surface area contributed by atoms with Crippen LogP contribution in [0, 0.1) is 0 Å². The van der Waals surface area contributed by atoms with Crippen LogP contribution in [0.25, 0.3) is 0 Å². The maximum Gasteiger partial charge on any atom is 0.243 e. The lowest BCUT2D eigenvalue weighted by Gasteiger charge is -2.37. The molecule has 2 aliphatic heterocycles. The maximum atomic E-state index is 13.0. The second kappa shape index (κ2) is 9.05. The molecule has 8 nitrogen and oxygen atoms in total. The summed E-state index contributed by atoms with van der Waals surface area (Å²) < 4.78 is 37.9. The minimum atomic E-state index is -3.65. The summed E-state index contributed by atoms with van der Waals surface area (Å²) in [6.07, 6.45) is 0. The Morgan fingerprint density at radius 1 is 0.968 bits per heavy atom. The van der Waals surface area contributed by atoms with E-state index < -0.39 is 10.0 Å². The molecule has 0 unspecified atom stereocenters. The van der Waals surface area contributed by atoms with Gasteiger partial charge in [0.15, 0.2) is 11.5 Å². The van der Waals surface area contributed by atoms with E-state index in [2.05, 4.69) is 17.0 Å². The first-order valence-electron chi connectivity index (χ1n) is 10.5. The quantitative estimate of drug-likeness (QED) is 0.676. The van der Waals surface area contributed by atoms with Gasteiger partial charge in [-0.3, -0.25) is 9.10 Å². The van der Waals surface area contributed by atoms with Crippen LogP contribution in [0.15, 0.2) is 48.5 Å². The average molecular weight is 446 g/mol. The van der Waals surface area contributed by atoms with Crippen LogP contribution in [0.3, 0.4) is 0 Å². The van der Waals surface area contributed by atoms with Gasteiger partial charge in [-0.1, -0.05) is 18.2 Å². The highest BCUT2D eigenvalue weighted by Gasteiger charge is 2.29. The summed E-state index contributed by atoms with van der Waals surface area (Å²) in [5, 5.41) is 0. The molecule has 0 N–H and O–H groups in total. The van der Waals surface area contributed by atoms with Gasteiger partial charge in [0, 0.05) is 37.9 Å². The maximum absolute atomic E-state index is 13.0. The van der Waals surface area contributed by atoms with Gasteiger partial charge in [0.2, 0.25) is 15.9 Å². The van der Waals surface area contributed by atoms with Crippen molar-refractivity contribution in [2.45, 2.75) is 6.92 Å². The summed E-state index contributed by atoms with van der Waals surface area (Å²) in [5.74, 6) is 0.757. The molecule has 1 amide bonds. The highest BCUT2D eigenvalue weighted by atomic mass is 32.2. The Morgan fingerprint density at radius 3 is 2.32 bits per heavy atom. The summed E-state index contributed by atoms with van der Waals surface area (Å²) in [7, 11) is -3.65. The monoisotopic (exact) mass is 445 g/mol. The first-order valence-corrected chi connectivity index (χ1v) is 12.1. The first-order chi connectivity index (χ1) is 15.0. The van der Waals surface area contributed by atoms with Gasteiger partial charge in [0.05, 0.1) is 11.4 Å². The molecule has 1 fully saturated rings. The highest BCUT2D eigenvalue weighted by Crippen LogP contribution is 2.35. The Hall–Kier alpha value is -2.94. The number of amides is 1. The Balaban J connectivity index is 1.47. The standard InChI is InChI=1S/C22H27N3O5S/c1-2-31(27,28)25(19-8-9-20-21(16-19)30-15-14-29-20)17-22(26)24-12-10-23(11-13-24)18-6-4-3-5-7-18/h3-9,16H,2,10-15,17H2,1H3. The number of fused-ring (bicyclic) bond motifs is 1. The third kappa shape index (κ3) is 4.71. The fraction of sp³-hybridized carbons (Fsp3) is 0.409. The number of anilines is 2. The molecule has 4 rings (SSSR count). The molecule has 2 heterocycles. The molecule has 2 aromatic rings. The summed E-state index contributed by atoms with van der Waals surface area (Å²) >= 11 is 0. The van der Waals surface area contributed by atoms with Gasteiger partial charge in [-0.25, -0.2) is 8.42 Å². The zero-order chi connectivity index (χ0) is 21.8. The zero-order valence-corrected chi connectivity index (χ0v) is 18.4. The molecule has 0 aliphatic carbocycles. The van der Waals surface area contributed by atoms with Crippen molar-refractivity contribution >= 4 is 27.3 Å². The van der Waals surface area contributed by atoms with Crippen molar-refractivity contribution < 1.29 is 22.7 Å². The van der Waals surface area contributed by atoms with Crippen LogP contribution in [0.2, 0.25) is 0 Å². The van der Waals surface area contributed by atoms with Gasteiger partial charge in [0.1, 0.15) is 19.8 Å². The molecule has 0 radical (unpaired) electrons. The van der Waals surface area contributed by atoms with Gasteiger partial charge in [-0.05, 0) is 31.2 Å². The second-order valence-electron chi connectivity index (χ2n) is 7.44. The van der Waals surface area contributed by atoms with Crippen LogP contribution >= 0.6 is 0 Å². The lowest BCUT2D eigenvalue weighted by Crippen LogP contribution is -2.52. The third-order valence-electron chi connectivity index (χ3n) is 5.55. The molecule has 2 aromatic carbocycles. The normalized spacial score (nSPS) is 16.2. The molecule has 0 saturated carbocycles. The van der Waals surface area contributed by atoms with Crippen LogP contribution in [0.5, 0.6) is 11.5 Å². The van der Waals surface area contributed by atoms with Crippen LogP contribution in [-0.4, -0.2) is 70.9 Å². The van der Waals surface area contributed by atoms with Gasteiger partial charge in [0.25, 0.3) is 0 Å². The van der Waals surface area contributed by atoms with E-state index in [4.69, 9.17) is 9.47 Å². The van der Waals surface area contributed by atoms with E-state index in [0.29, 0.717) is 56.6 Å². The van der Waals surface area contributed by atoms with Crippen molar-refractivity contribution in [1.29, 1.82) is 0 Å². The SMILES string of the molecule is CCS(=O)(=O)N(CC(=O)N1CCN(c2ccccc2)CC1)c1ccc2c(c1)OCCO2. The van der Waals surface area contributed by atoms with E-state index in [1.807, 2.05) is 18.2 Å².